The molecule has 1 aromatic heterocycles. The van der Waals surface area contributed by atoms with Crippen LogP contribution >= 0.6 is 27.5 Å². The molecule has 1 aliphatic rings. The number of halogens is 2. The second-order valence-corrected chi connectivity index (χ2v) is 5.93. The van der Waals surface area contributed by atoms with Crippen LogP contribution in [0.15, 0.2) is 16.7 Å². The van der Waals surface area contributed by atoms with E-state index in [-0.39, 0.29) is 0 Å². The predicted octanol–water partition coefficient (Wildman–Crippen LogP) is 3.03. The van der Waals surface area contributed by atoms with Gasteiger partial charge in [-0.3, -0.25) is 0 Å². The maximum Gasteiger partial charge on any atom is 0.142 e. The molecule has 94 valence electrons. The number of hydrogen-bond donors (Lipinski definition) is 0. The number of rotatable bonds is 2. The molecule has 1 fully saturated rings. The molecule has 0 spiro atoms. The van der Waals surface area contributed by atoms with E-state index in [0.29, 0.717) is 11.1 Å². The van der Waals surface area contributed by atoms with Crippen LogP contribution in [0.1, 0.15) is 12.8 Å². The summed E-state index contributed by atoms with van der Waals surface area (Å²) in [5.41, 5.74) is 0. The molecular weight excluding hydrogens is 302 g/mol. The van der Waals surface area contributed by atoms with Gasteiger partial charge < -0.3 is 9.80 Å². The van der Waals surface area contributed by atoms with Crippen LogP contribution in [0, 0.1) is 0 Å². The molecule has 3 nitrogen and oxygen atoms in total. The first-order chi connectivity index (χ1) is 8.08. The summed E-state index contributed by atoms with van der Waals surface area (Å²) in [4.78, 5) is 9.03. The van der Waals surface area contributed by atoms with Gasteiger partial charge in [0.25, 0.3) is 0 Å². The Bertz CT molecular complexity index is 389. The smallest absolute Gasteiger partial charge is 0.142 e. The predicted molar refractivity (Wildman–Crippen MR) is 75.9 cm³/mol. The molecule has 0 bridgehead atoms. The Morgan fingerprint density at radius 2 is 2.06 bits per heavy atom. The molecule has 2 rings (SSSR count). The highest BCUT2D eigenvalue weighted by Gasteiger charge is 2.22. The highest BCUT2D eigenvalue weighted by Crippen LogP contribution is 2.29. The standard InChI is InChI=1S/C12H17BrClN3/c1-16(2)10-3-5-17(6-4-10)12-11(13)7-9(14)8-15-12/h7-8,10H,3-6H2,1-2H3. The van der Waals surface area contributed by atoms with Crippen LogP contribution < -0.4 is 4.90 Å². The number of piperidine rings is 1. The first-order valence-corrected chi connectivity index (χ1v) is 6.97. The van der Waals surface area contributed by atoms with E-state index < -0.39 is 0 Å². The van der Waals surface area contributed by atoms with Crippen LogP contribution in [0.25, 0.3) is 0 Å². The van der Waals surface area contributed by atoms with E-state index >= 15 is 0 Å². The molecule has 0 saturated carbocycles. The first-order valence-electron chi connectivity index (χ1n) is 5.80. The molecule has 0 aliphatic carbocycles. The van der Waals surface area contributed by atoms with Gasteiger partial charge in [0.1, 0.15) is 5.82 Å². The Hall–Kier alpha value is -0.320. The van der Waals surface area contributed by atoms with Gasteiger partial charge in [0, 0.05) is 25.3 Å². The van der Waals surface area contributed by atoms with Crippen molar-refractivity contribution in [1.29, 1.82) is 0 Å². The molecule has 2 heterocycles. The van der Waals surface area contributed by atoms with Gasteiger partial charge in [-0.1, -0.05) is 11.6 Å². The molecule has 0 radical (unpaired) electrons. The van der Waals surface area contributed by atoms with Crippen molar-refractivity contribution in [3.8, 4) is 0 Å². The highest BCUT2D eigenvalue weighted by molar-refractivity contribution is 9.10. The van der Waals surface area contributed by atoms with Crippen LogP contribution in [-0.2, 0) is 0 Å². The number of pyridine rings is 1. The largest absolute Gasteiger partial charge is 0.356 e. The molecule has 1 aliphatic heterocycles. The molecule has 0 amide bonds. The van der Waals surface area contributed by atoms with Gasteiger partial charge in [0.2, 0.25) is 0 Å². The number of anilines is 1. The fourth-order valence-electron chi connectivity index (χ4n) is 2.23. The van der Waals surface area contributed by atoms with E-state index in [1.54, 1.807) is 6.20 Å². The molecule has 0 unspecified atom stereocenters. The average molecular weight is 319 g/mol. The van der Waals surface area contributed by atoms with E-state index in [1.807, 2.05) is 6.07 Å². The summed E-state index contributed by atoms with van der Waals surface area (Å²) < 4.78 is 0.980. The zero-order chi connectivity index (χ0) is 12.4. The van der Waals surface area contributed by atoms with Crippen molar-refractivity contribution in [3.05, 3.63) is 21.8 Å². The minimum Gasteiger partial charge on any atom is -0.356 e. The zero-order valence-corrected chi connectivity index (χ0v) is 12.5. The quantitative estimate of drug-likeness (QED) is 0.835. The van der Waals surface area contributed by atoms with Crippen molar-refractivity contribution in [2.24, 2.45) is 0 Å². The highest BCUT2D eigenvalue weighted by atomic mass is 79.9. The van der Waals surface area contributed by atoms with Crippen LogP contribution in [0.4, 0.5) is 5.82 Å². The minimum atomic E-state index is 0.670. The Morgan fingerprint density at radius 1 is 1.41 bits per heavy atom. The maximum atomic E-state index is 5.90. The minimum absolute atomic E-state index is 0.670. The second-order valence-electron chi connectivity index (χ2n) is 4.64. The fraction of sp³-hybridized carbons (Fsp3) is 0.583. The lowest BCUT2D eigenvalue weighted by molar-refractivity contribution is 0.249. The van der Waals surface area contributed by atoms with Crippen molar-refractivity contribution in [2.75, 3.05) is 32.1 Å². The summed E-state index contributed by atoms with van der Waals surface area (Å²) in [5, 5.41) is 0.670. The molecule has 5 heteroatoms. The lowest BCUT2D eigenvalue weighted by Gasteiger charge is -2.36. The number of aromatic nitrogens is 1. The van der Waals surface area contributed by atoms with E-state index in [1.165, 1.54) is 12.8 Å². The summed E-state index contributed by atoms with van der Waals surface area (Å²) in [6.45, 7) is 2.10. The van der Waals surface area contributed by atoms with Crippen molar-refractivity contribution in [2.45, 2.75) is 18.9 Å². The summed E-state index contributed by atoms with van der Waals surface area (Å²) in [6, 6.07) is 2.60. The van der Waals surface area contributed by atoms with Gasteiger partial charge in [-0.25, -0.2) is 4.98 Å². The Balaban J connectivity index is 2.05. The van der Waals surface area contributed by atoms with Crippen LogP contribution in [0.5, 0.6) is 0 Å². The van der Waals surface area contributed by atoms with Crippen molar-refractivity contribution in [3.63, 3.8) is 0 Å². The van der Waals surface area contributed by atoms with Gasteiger partial charge in [0.05, 0.1) is 9.50 Å². The Labute approximate surface area is 116 Å². The molecule has 0 N–H and O–H groups in total. The van der Waals surface area contributed by atoms with E-state index in [2.05, 4.69) is 44.8 Å². The zero-order valence-electron chi connectivity index (χ0n) is 10.2. The second kappa shape index (κ2) is 5.55. The summed E-state index contributed by atoms with van der Waals surface area (Å²) in [6.07, 6.45) is 4.08. The van der Waals surface area contributed by atoms with Crippen LogP contribution in [0.2, 0.25) is 5.02 Å². The third kappa shape index (κ3) is 3.12. The van der Waals surface area contributed by atoms with E-state index in [0.717, 1.165) is 23.4 Å². The van der Waals surface area contributed by atoms with Gasteiger partial charge in [0.15, 0.2) is 0 Å². The van der Waals surface area contributed by atoms with Gasteiger partial charge >= 0.3 is 0 Å². The topological polar surface area (TPSA) is 19.4 Å². The van der Waals surface area contributed by atoms with Gasteiger partial charge in [-0.05, 0) is 48.9 Å². The molecule has 1 saturated heterocycles. The Morgan fingerprint density at radius 3 is 2.59 bits per heavy atom. The monoisotopic (exact) mass is 317 g/mol. The summed E-state index contributed by atoms with van der Waals surface area (Å²) in [5.74, 6) is 1.01. The first kappa shape index (κ1) is 13.1. The molecule has 17 heavy (non-hydrogen) atoms. The summed E-state index contributed by atoms with van der Waals surface area (Å²) in [7, 11) is 4.30. The average Bonchev–Trinajstić information content (AvgIpc) is 2.29. The van der Waals surface area contributed by atoms with E-state index in [4.69, 9.17) is 11.6 Å². The molecule has 0 atom stereocenters. The Kier molecular flexibility index (Phi) is 4.28. The fourth-order valence-corrected chi connectivity index (χ4v) is 3.12. The van der Waals surface area contributed by atoms with Gasteiger partial charge in [-0.2, -0.15) is 0 Å². The molecular formula is C12H17BrClN3. The van der Waals surface area contributed by atoms with Crippen molar-refractivity contribution >= 4 is 33.3 Å². The maximum absolute atomic E-state index is 5.90. The van der Waals surface area contributed by atoms with E-state index in [9.17, 15) is 0 Å². The van der Waals surface area contributed by atoms with Gasteiger partial charge in [-0.15, -0.1) is 0 Å². The third-order valence-electron chi connectivity index (χ3n) is 3.28. The SMILES string of the molecule is CN(C)C1CCN(c2ncc(Cl)cc2Br)CC1. The van der Waals surface area contributed by atoms with Crippen LogP contribution in [-0.4, -0.2) is 43.1 Å². The summed E-state index contributed by atoms with van der Waals surface area (Å²) >= 11 is 9.43. The lowest BCUT2D eigenvalue weighted by atomic mass is 10.0. The van der Waals surface area contributed by atoms with Crippen molar-refractivity contribution in [1.82, 2.24) is 9.88 Å². The third-order valence-corrected chi connectivity index (χ3v) is 4.07. The normalized spacial score (nSPS) is 17.8. The molecule has 0 aromatic carbocycles. The lowest BCUT2D eigenvalue weighted by Crippen LogP contribution is -2.42. The number of hydrogen-bond acceptors (Lipinski definition) is 3. The number of nitrogens with zero attached hydrogens (tertiary/aromatic N) is 3. The molecule has 1 aromatic rings. The van der Waals surface area contributed by atoms with Crippen LogP contribution in [0.3, 0.4) is 0 Å². The van der Waals surface area contributed by atoms with Crippen molar-refractivity contribution < 1.29 is 0 Å².